The first kappa shape index (κ1) is 16.3. The quantitative estimate of drug-likeness (QED) is 0.583. The van der Waals surface area contributed by atoms with Crippen LogP contribution in [0.2, 0.25) is 0 Å². The molecule has 0 unspecified atom stereocenters. The van der Waals surface area contributed by atoms with E-state index >= 15 is 0 Å². The van der Waals surface area contributed by atoms with Crippen molar-refractivity contribution in [2.24, 2.45) is 0 Å². The minimum atomic E-state index is -3.33. The highest BCUT2D eigenvalue weighted by atomic mass is 32.2. The van der Waals surface area contributed by atoms with E-state index in [9.17, 15) is 13.2 Å². The Morgan fingerprint density at radius 3 is 2.65 bits per heavy atom. The number of pyridine rings is 2. The molecule has 0 radical (unpaired) electrons. The highest BCUT2D eigenvalue weighted by Crippen LogP contribution is 2.29. The van der Waals surface area contributed by atoms with Crippen LogP contribution in [0.25, 0.3) is 33.4 Å². The standard InChI is InChI=1S/C19H15N3O3S/c1-26(24,25)14-5-2-4-12(8-14)17-9-13(10-18(23)22-17)16-11-21-19-15(16)6-3-7-20-19/h2-11H,1H3,(H,20,21)(H,22,23). The number of fused-ring (bicyclic) bond motifs is 1. The normalized spacial score (nSPS) is 11.7. The molecule has 0 amide bonds. The van der Waals surface area contributed by atoms with Gasteiger partial charge in [-0.2, -0.15) is 0 Å². The SMILES string of the molecule is CS(=O)(=O)c1cccc(-c2cc(-c3c[nH]c4ncccc34)cc(=O)[nH]2)c1. The lowest BCUT2D eigenvalue weighted by molar-refractivity contribution is 0.602. The number of H-pyrrole nitrogens is 2. The number of sulfone groups is 1. The summed E-state index contributed by atoms with van der Waals surface area (Å²) in [5.74, 6) is 0. The first-order valence-electron chi connectivity index (χ1n) is 7.89. The molecular formula is C19H15N3O3S. The van der Waals surface area contributed by atoms with Gasteiger partial charge in [0.1, 0.15) is 5.65 Å². The van der Waals surface area contributed by atoms with Gasteiger partial charge in [0.25, 0.3) is 0 Å². The number of aromatic amines is 2. The number of aromatic nitrogens is 3. The molecule has 0 bridgehead atoms. The highest BCUT2D eigenvalue weighted by molar-refractivity contribution is 7.90. The third-order valence-electron chi connectivity index (χ3n) is 4.18. The molecule has 0 atom stereocenters. The molecule has 4 aromatic rings. The van der Waals surface area contributed by atoms with Crippen LogP contribution in [0, 0.1) is 0 Å². The lowest BCUT2D eigenvalue weighted by atomic mass is 10.0. The molecule has 0 saturated carbocycles. The van der Waals surface area contributed by atoms with Gasteiger partial charge in [-0.25, -0.2) is 13.4 Å². The largest absolute Gasteiger partial charge is 0.346 e. The maximum absolute atomic E-state index is 12.2. The summed E-state index contributed by atoms with van der Waals surface area (Å²) < 4.78 is 23.6. The Bertz CT molecular complexity index is 1290. The molecule has 0 fully saturated rings. The molecule has 0 spiro atoms. The van der Waals surface area contributed by atoms with Crippen molar-refractivity contribution in [3.63, 3.8) is 0 Å². The smallest absolute Gasteiger partial charge is 0.249 e. The molecule has 0 saturated heterocycles. The van der Waals surface area contributed by atoms with Gasteiger partial charge in [0, 0.05) is 41.4 Å². The van der Waals surface area contributed by atoms with Crippen LogP contribution >= 0.6 is 0 Å². The highest BCUT2D eigenvalue weighted by Gasteiger charge is 2.12. The molecule has 6 nitrogen and oxygen atoms in total. The van der Waals surface area contributed by atoms with Crippen LogP contribution in [0.3, 0.4) is 0 Å². The Kier molecular flexibility index (Phi) is 3.73. The van der Waals surface area contributed by atoms with Crippen molar-refractivity contribution in [2.45, 2.75) is 4.90 Å². The molecule has 2 N–H and O–H groups in total. The summed E-state index contributed by atoms with van der Waals surface area (Å²) in [4.78, 5) is 22.5. The van der Waals surface area contributed by atoms with E-state index in [1.54, 1.807) is 24.4 Å². The molecule has 1 aromatic carbocycles. The maximum atomic E-state index is 12.2. The average molecular weight is 365 g/mol. The summed E-state index contributed by atoms with van der Waals surface area (Å²) in [6, 6.07) is 13.6. The number of rotatable bonds is 3. The number of hydrogen-bond acceptors (Lipinski definition) is 4. The third kappa shape index (κ3) is 2.93. The van der Waals surface area contributed by atoms with Gasteiger partial charge in [-0.15, -0.1) is 0 Å². The Morgan fingerprint density at radius 1 is 1.00 bits per heavy atom. The molecule has 0 aliphatic rings. The number of nitrogens with one attached hydrogen (secondary N) is 2. The third-order valence-corrected chi connectivity index (χ3v) is 5.29. The van der Waals surface area contributed by atoms with Crippen LogP contribution in [0.1, 0.15) is 0 Å². The fourth-order valence-electron chi connectivity index (χ4n) is 2.94. The summed E-state index contributed by atoms with van der Waals surface area (Å²) in [5, 5.41) is 0.911. The van der Waals surface area contributed by atoms with Crippen molar-refractivity contribution in [2.75, 3.05) is 6.26 Å². The second-order valence-electron chi connectivity index (χ2n) is 6.05. The van der Waals surface area contributed by atoms with E-state index in [2.05, 4.69) is 15.0 Å². The Labute approximate surface area is 149 Å². The van der Waals surface area contributed by atoms with E-state index in [0.29, 0.717) is 11.3 Å². The number of hydrogen-bond donors (Lipinski definition) is 2. The monoisotopic (exact) mass is 365 g/mol. The Hall–Kier alpha value is -3.19. The Morgan fingerprint density at radius 2 is 1.85 bits per heavy atom. The van der Waals surface area contributed by atoms with Gasteiger partial charge in [0.05, 0.1) is 4.90 Å². The van der Waals surface area contributed by atoms with E-state index in [4.69, 9.17) is 0 Å². The molecule has 7 heteroatoms. The maximum Gasteiger partial charge on any atom is 0.249 e. The fraction of sp³-hybridized carbons (Fsp3) is 0.0526. The van der Waals surface area contributed by atoms with E-state index in [1.165, 1.54) is 12.1 Å². The molecule has 0 aliphatic carbocycles. The lowest BCUT2D eigenvalue weighted by Gasteiger charge is -2.07. The van der Waals surface area contributed by atoms with Crippen LogP contribution in [-0.2, 0) is 9.84 Å². The van der Waals surface area contributed by atoms with Crippen LogP contribution in [0.4, 0.5) is 0 Å². The van der Waals surface area contributed by atoms with E-state index in [-0.39, 0.29) is 10.5 Å². The average Bonchev–Trinajstić information content (AvgIpc) is 3.05. The molecule has 130 valence electrons. The summed E-state index contributed by atoms with van der Waals surface area (Å²) in [5.41, 5.74) is 3.25. The molecule has 0 aliphatic heterocycles. The van der Waals surface area contributed by atoms with Gasteiger partial charge < -0.3 is 9.97 Å². The minimum Gasteiger partial charge on any atom is -0.346 e. The van der Waals surface area contributed by atoms with Crippen LogP contribution < -0.4 is 5.56 Å². The molecule has 4 rings (SSSR count). The minimum absolute atomic E-state index is 0.206. The Balaban J connectivity index is 1.89. The molecule has 3 aromatic heterocycles. The van der Waals surface area contributed by atoms with Gasteiger partial charge in [0.15, 0.2) is 9.84 Å². The zero-order chi connectivity index (χ0) is 18.3. The fourth-order valence-corrected chi connectivity index (χ4v) is 3.61. The summed E-state index contributed by atoms with van der Waals surface area (Å²) >= 11 is 0. The van der Waals surface area contributed by atoms with E-state index in [0.717, 1.165) is 28.4 Å². The van der Waals surface area contributed by atoms with Crippen molar-refractivity contribution in [3.8, 4) is 22.4 Å². The number of nitrogens with zero attached hydrogens (tertiary/aromatic N) is 1. The predicted octanol–water partition coefficient (Wildman–Crippen LogP) is 2.99. The van der Waals surface area contributed by atoms with Crippen LogP contribution in [0.5, 0.6) is 0 Å². The summed E-state index contributed by atoms with van der Waals surface area (Å²) in [6.07, 6.45) is 4.66. The zero-order valence-corrected chi connectivity index (χ0v) is 14.7. The van der Waals surface area contributed by atoms with Gasteiger partial charge in [-0.1, -0.05) is 12.1 Å². The van der Waals surface area contributed by atoms with Gasteiger partial charge in [-0.05, 0) is 41.5 Å². The van der Waals surface area contributed by atoms with Crippen LogP contribution in [-0.4, -0.2) is 29.6 Å². The second-order valence-corrected chi connectivity index (χ2v) is 8.06. The molecule has 3 heterocycles. The first-order chi connectivity index (χ1) is 12.4. The van der Waals surface area contributed by atoms with Crippen LogP contribution in [0.15, 0.2) is 70.6 Å². The zero-order valence-electron chi connectivity index (χ0n) is 13.9. The van der Waals surface area contributed by atoms with Crippen molar-refractivity contribution in [3.05, 3.63) is 71.3 Å². The van der Waals surface area contributed by atoms with Gasteiger partial charge in [-0.3, -0.25) is 4.79 Å². The summed E-state index contributed by atoms with van der Waals surface area (Å²) in [7, 11) is -3.33. The van der Waals surface area contributed by atoms with Crippen molar-refractivity contribution < 1.29 is 8.42 Å². The van der Waals surface area contributed by atoms with E-state index in [1.807, 2.05) is 24.4 Å². The lowest BCUT2D eigenvalue weighted by Crippen LogP contribution is -2.06. The molecular weight excluding hydrogens is 350 g/mol. The number of benzene rings is 1. The second kappa shape index (κ2) is 5.96. The first-order valence-corrected chi connectivity index (χ1v) is 9.78. The molecule has 26 heavy (non-hydrogen) atoms. The van der Waals surface area contributed by atoms with E-state index < -0.39 is 9.84 Å². The van der Waals surface area contributed by atoms with Crippen molar-refractivity contribution >= 4 is 20.9 Å². The van der Waals surface area contributed by atoms with Crippen molar-refractivity contribution in [1.29, 1.82) is 0 Å². The van der Waals surface area contributed by atoms with Gasteiger partial charge >= 0.3 is 0 Å². The summed E-state index contributed by atoms with van der Waals surface area (Å²) in [6.45, 7) is 0. The van der Waals surface area contributed by atoms with Gasteiger partial charge in [0.2, 0.25) is 5.56 Å². The topological polar surface area (TPSA) is 95.7 Å². The predicted molar refractivity (Wildman–Crippen MR) is 101 cm³/mol. The van der Waals surface area contributed by atoms with Crippen molar-refractivity contribution in [1.82, 2.24) is 15.0 Å².